The summed E-state index contributed by atoms with van der Waals surface area (Å²) in [6, 6.07) is 11.8. The molecule has 0 saturated carbocycles. The number of hydrogen-bond acceptors (Lipinski definition) is 4. The second-order valence-corrected chi connectivity index (χ2v) is 8.05. The predicted octanol–water partition coefficient (Wildman–Crippen LogP) is 5.08. The molecule has 0 spiro atoms. The summed E-state index contributed by atoms with van der Waals surface area (Å²) in [6.45, 7) is 10.4. The van der Waals surface area contributed by atoms with Gasteiger partial charge in [0.2, 0.25) is 0 Å². The number of amides is 3. The molecule has 2 aromatic carbocycles. The van der Waals surface area contributed by atoms with Crippen molar-refractivity contribution in [3.63, 3.8) is 0 Å². The van der Waals surface area contributed by atoms with E-state index in [0.717, 1.165) is 11.1 Å². The number of anilines is 1. The highest BCUT2D eigenvalue weighted by Gasteiger charge is 2.24. The normalized spacial score (nSPS) is 11.7. The van der Waals surface area contributed by atoms with Crippen molar-refractivity contribution >= 4 is 34.9 Å². The van der Waals surface area contributed by atoms with Gasteiger partial charge in [0.1, 0.15) is 0 Å². The first-order valence-corrected chi connectivity index (χ1v) is 10.5. The van der Waals surface area contributed by atoms with E-state index in [9.17, 15) is 9.59 Å². The largest absolute Gasteiger partial charge is 0.411 e. The van der Waals surface area contributed by atoms with Crippen LogP contribution in [0.1, 0.15) is 56.1 Å². The summed E-state index contributed by atoms with van der Waals surface area (Å²) in [5, 5.41) is 18.2. The summed E-state index contributed by atoms with van der Waals surface area (Å²) in [6.07, 6.45) is 0. The van der Waals surface area contributed by atoms with Gasteiger partial charge in [-0.05, 0) is 70.0 Å². The lowest BCUT2D eigenvalue weighted by Gasteiger charge is -2.27. The van der Waals surface area contributed by atoms with Gasteiger partial charge in [-0.1, -0.05) is 35.0 Å². The number of oxime groups is 1. The molecular formula is C23H29ClN4O3. The Morgan fingerprint density at radius 3 is 2.39 bits per heavy atom. The molecule has 0 heterocycles. The number of benzene rings is 2. The van der Waals surface area contributed by atoms with Gasteiger partial charge in [-0.3, -0.25) is 4.79 Å². The summed E-state index contributed by atoms with van der Waals surface area (Å²) in [5.41, 5.74) is 2.27. The smallest absolute Gasteiger partial charge is 0.319 e. The zero-order chi connectivity index (χ0) is 23.2. The summed E-state index contributed by atoms with van der Waals surface area (Å²) >= 11 is 6.30. The molecular weight excluding hydrogens is 416 g/mol. The first-order chi connectivity index (χ1) is 14.6. The number of carbonyl (C=O) groups excluding carboxylic acids is 2. The van der Waals surface area contributed by atoms with E-state index in [1.165, 1.54) is 0 Å². The Labute approximate surface area is 188 Å². The number of nitrogens with zero attached hydrogens (tertiary/aromatic N) is 2. The standard InChI is InChI=1S/C23H29ClN4O3/c1-6-28(7-2)21(29)19-12-11-18(14-20(19)24)25-22(30)26-23(4,5)17-10-8-9-16(13-17)15(3)27-31/h8-14,31H,6-7H2,1-5H3,(H2,25,26,30)/b27-15+. The van der Waals surface area contributed by atoms with Crippen molar-refractivity contribution in [2.24, 2.45) is 5.16 Å². The molecule has 0 bridgehead atoms. The third-order valence-electron chi connectivity index (χ3n) is 5.09. The molecule has 3 N–H and O–H groups in total. The quantitative estimate of drug-likeness (QED) is 0.316. The average Bonchev–Trinajstić information content (AvgIpc) is 2.73. The minimum atomic E-state index is -0.696. The molecule has 2 aromatic rings. The fourth-order valence-electron chi connectivity index (χ4n) is 3.16. The van der Waals surface area contributed by atoms with Crippen molar-refractivity contribution in [3.8, 4) is 0 Å². The van der Waals surface area contributed by atoms with Gasteiger partial charge in [-0.2, -0.15) is 0 Å². The van der Waals surface area contributed by atoms with Crippen LogP contribution >= 0.6 is 11.6 Å². The molecule has 2 rings (SSSR count). The van der Waals surface area contributed by atoms with E-state index < -0.39 is 11.6 Å². The molecule has 0 unspecified atom stereocenters. The first-order valence-electron chi connectivity index (χ1n) is 10.1. The molecule has 0 saturated heterocycles. The van der Waals surface area contributed by atoms with Crippen molar-refractivity contribution in [2.75, 3.05) is 18.4 Å². The topological polar surface area (TPSA) is 94.0 Å². The maximum Gasteiger partial charge on any atom is 0.319 e. The highest BCUT2D eigenvalue weighted by Crippen LogP contribution is 2.24. The van der Waals surface area contributed by atoms with Gasteiger partial charge in [0, 0.05) is 18.8 Å². The lowest BCUT2D eigenvalue weighted by molar-refractivity contribution is 0.0773. The molecule has 31 heavy (non-hydrogen) atoms. The molecule has 7 nitrogen and oxygen atoms in total. The zero-order valence-electron chi connectivity index (χ0n) is 18.5. The van der Waals surface area contributed by atoms with E-state index >= 15 is 0 Å². The second kappa shape index (κ2) is 10.3. The van der Waals surface area contributed by atoms with E-state index in [-0.39, 0.29) is 10.9 Å². The molecule has 166 valence electrons. The van der Waals surface area contributed by atoms with Crippen molar-refractivity contribution in [2.45, 2.75) is 40.2 Å². The van der Waals surface area contributed by atoms with Crippen LogP contribution in [0.3, 0.4) is 0 Å². The molecule has 0 atom stereocenters. The third-order valence-corrected chi connectivity index (χ3v) is 5.40. The van der Waals surface area contributed by atoms with Gasteiger partial charge in [0.15, 0.2) is 0 Å². The number of urea groups is 1. The molecule has 0 aliphatic heterocycles. The number of nitrogens with one attached hydrogen (secondary N) is 2. The van der Waals surface area contributed by atoms with Crippen molar-refractivity contribution in [3.05, 3.63) is 64.2 Å². The number of hydrogen-bond donors (Lipinski definition) is 3. The molecule has 3 amide bonds. The number of rotatable bonds is 7. The van der Waals surface area contributed by atoms with Crippen LogP contribution in [0.5, 0.6) is 0 Å². The van der Waals surface area contributed by atoms with Crippen LogP contribution in [0.4, 0.5) is 10.5 Å². The van der Waals surface area contributed by atoms with E-state index in [1.807, 2.05) is 52.0 Å². The van der Waals surface area contributed by atoms with Gasteiger partial charge in [0.25, 0.3) is 5.91 Å². The van der Waals surface area contributed by atoms with E-state index in [0.29, 0.717) is 30.1 Å². The summed E-state index contributed by atoms with van der Waals surface area (Å²) in [7, 11) is 0. The molecule has 0 aliphatic carbocycles. The molecule has 0 fully saturated rings. The van der Waals surface area contributed by atoms with E-state index in [4.69, 9.17) is 16.8 Å². The van der Waals surface area contributed by atoms with Gasteiger partial charge < -0.3 is 20.7 Å². The molecule has 0 aromatic heterocycles. The van der Waals surface area contributed by atoms with Crippen LogP contribution in [-0.2, 0) is 5.54 Å². The monoisotopic (exact) mass is 444 g/mol. The van der Waals surface area contributed by atoms with Gasteiger partial charge >= 0.3 is 6.03 Å². The van der Waals surface area contributed by atoms with Crippen LogP contribution in [0.15, 0.2) is 47.6 Å². The van der Waals surface area contributed by atoms with Gasteiger partial charge in [-0.15, -0.1) is 0 Å². The Balaban J connectivity index is 2.13. The Bertz CT molecular complexity index is 985. The van der Waals surface area contributed by atoms with Crippen LogP contribution in [0.2, 0.25) is 5.02 Å². The average molecular weight is 445 g/mol. The number of halogens is 1. The Kier molecular flexibility index (Phi) is 8.05. The Morgan fingerprint density at radius 2 is 1.81 bits per heavy atom. The van der Waals surface area contributed by atoms with Crippen molar-refractivity contribution in [1.82, 2.24) is 10.2 Å². The maximum atomic E-state index is 12.6. The Morgan fingerprint density at radius 1 is 1.13 bits per heavy atom. The third kappa shape index (κ3) is 5.98. The molecule has 0 radical (unpaired) electrons. The highest BCUT2D eigenvalue weighted by molar-refractivity contribution is 6.34. The maximum absolute atomic E-state index is 12.6. The van der Waals surface area contributed by atoms with Crippen molar-refractivity contribution in [1.29, 1.82) is 0 Å². The molecule has 8 heteroatoms. The fraction of sp³-hybridized carbons (Fsp3) is 0.348. The highest BCUT2D eigenvalue weighted by atomic mass is 35.5. The van der Waals surface area contributed by atoms with Crippen LogP contribution in [-0.4, -0.2) is 40.8 Å². The second-order valence-electron chi connectivity index (χ2n) is 7.64. The van der Waals surface area contributed by atoms with E-state index in [2.05, 4.69) is 15.8 Å². The van der Waals surface area contributed by atoms with Gasteiger partial charge in [0.05, 0.1) is 21.8 Å². The van der Waals surface area contributed by atoms with Crippen LogP contribution < -0.4 is 10.6 Å². The number of carbonyl (C=O) groups is 2. The van der Waals surface area contributed by atoms with E-state index in [1.54, 1.807) is 30.0 Å². The SMILES string of the molecule is CCN(CC)C(=O)c1ccc(NC(=O)NC(C)(C)c2cccc(/C(C)=N/O)c2)cc1Cl. The van der Waals surface area contributed by atoms with Crippen molar-refractivity contribution < 1.29 is 14.8 Å². The predicted molar refractivity (Wildman–Crippen MR) is 124 cm³/mol. The lowest BCUT2D eigenvalue weighted by atomic mass is 9.92. The zero-order valence-corrected chi connectivity index (χ0v) is 19.2. The summed E-state index contributed by atoms with van der Waals surface area (Å²) in [5.74, 6) is -0.145. The summed E-state index contributed by atoms with van der Waals surface area (Å²) in [4.78, 5) is 26.8. The minimum absolute atomic E-state index is 0.145. The minimum Gasteiger partial charge on any atom is -0.411 e. The first kappa shape index (κ1) is 24.2. The Hall–Kier alpha value is -3.06. The van der Waals surface area contributed by atoms with Crippen LogP contribution in [0, 0.1) is 0 Å². The van der Waals surface area contributed by atoms with Gasteiger partial charge in [-0.25, -0.2) is 4.79 Å². The fourth-order valence-corrected chi connectivity index (χ4v) is 3.42. The summed E-state index contributed by atoms with van der Waals surface area (Å²) < 4.78 is 0. The lowest BCUT2D eigenvalue weighted by Crippen LogP contribution is -2.43. The molecule has 0 aliphatic rings. The van der Waals surface area contributed by atoms with Crippen LogP contribution in [0.25, 0.3) is 0 Å².